The Morgan fingerprint density at radius 1 is 1.65 bits per heavy atom. The highest BCUT2D eigenvalue weighted by atomic mass is 16.5. The van der Waals surface area contributed by atoms with Gasteiger partial charge in [0.05, 0.1) is 6.61 Å². The Kier molecular flexibility index (Phi) is 3.39. The van der Waals surface area contributed by atoms with E-state index in [1.54, 1.807) is 13.1 Å². The van der Waals surface area contributed by atoms with Gasteiger partial charge in [-0.25, -0.2) is 4.98 Å². The zero-order valence-electron chi connectivity index (χ0n) is 9.64. The first-order valence-electron chi connectivity index (χ1n) is 5.55. The van der Waals surface area contributed by atoms with E-state index in [2.05, 4.69) is 9.97 Å². The van der Waals surface area contributed by atoms with E-state index in [9.17, 15) is 4.79 Å². The van der Waals surface area contributed by atoms with Crippen molar-refractivity contribution in [2.75, 3.05) is 6.61 Å². The molecule has 0 saturated heterocycles. The summed E-state index contributed by atoms with van der Waals surface area (Å²) in [6.45, 7) is 2.11. The molecule has 0 fully saturated rings. The summed E-state index contributed by atoms with van der Waals surface area (Å²) in [6.07, 6.45) is 3.98. The number of H-pyrrole nitrogens is 1. The molecule has 0 aliphatic carbocycles. The van der Waals surface area contributed by atoms with Crippen LogP contribution in [0.15, 0.2) is 24.5 Å². The summed E-state index contributed by atoms with van der Waals surface area (Å²) in [4.78, 5) is 18.6. The Bertz CT molecular complexity index is 521. The lowest BCUT2D eigenvalue weighted by Crippen LogP contribution is -2.34. The highest BCUT2D eigenvalue weighted by Gasteiger charge is 2.15. The van der Waals surface area contributed by atoms with E-state index in [4.69, 9.17) is 10.5 Å². The van der Waals surface area contributed by atoms with Crippen LogP contribution in [0, 0.1) is 0 Å². The van der Waals surface area contributed by atoms with Gasteiger partial charge >= 0.3 is 5.97 Å². The normalized spacial score (nSPS) is 12.6. The molecule has 0 spiro atoms. The van der Waals surface area contributed by atoms with E-state index in [0.29, 0.717) is 13.0 Å². The third-order valence-corrected chi connectivity index (χ3v) is 2.50. The maximum Gasteiger partial charge on any atom is 0.323 e. The van der Waals surface area contributed by atoms with Gasteiger partial charge in [0.2, 0.25) is 0 Å². The van der Waals surface area contributed by atoms with Crippen molar-refractivity contribution in [3.05, 3.63) is 30.1 Å². The van der Waals surface area contributed by atoms with Crippen LogP contribution in [0.2, 0.25) is 0 Å². The van der Waals surface area contributed by atoms with Crippen molar-refractivity contribution in [1.82, 2.24) is 9.97 Å². The summed E-state index contributed by atoms with van der Waals surface area (Å²) >= 11 is 0. The number of hydrogen-bond acceptors (Lipinski definition) is 4. The maximum atomic E-state index is 11.4. The molecule has 3 N–H and O–H groups in total. The van der Waals surface area contributed by atoms with Crippen LogP contribution >= 0.6 is 0 Å². The van der Waals surface area contributed by atoms with Crippen molar-refractivity contribution in [2.45, 2.75) is 19.4 Å². The van der Waals surface area contributed by atoms with Crippen molar-refractivity contribution in [3.8, 4) is 0 Å². The number of carbonyl (C=O) groups is 1. The van der Waals surface area contributed by atoms with E-state index in [-0.39, 0.29) is 5.97 Å². The molecule has 5 heteroatoms. The van der Waals surface area contributed by atoms with Gasteiger partial charge in [-0.15, -0.1) is 0 Å². The Morgan fingerprint density at radius 3 is 3.24 bits per heavy atom. The number of fused-ring (bicyclic) bond motifs is 1. The molecule has 0 aromatic carbocycles. The minimum atomic E-state index is -0.631. The van der Waals surface area contributed by atoms with Gasteiger partial charge in [-0.3, -0.25) is 4.79 Å². The van der Waals surface area contributed by atoms with E-state index in [0.717, 1.165) is 16.6 Å². The number of pyridine rings is 1. The largest absolute Gasteiger partial charge is 0.465 e. The average Bonchev–Trinajstić information content (AvgIpc) is 2.76. The first kappa shape index (κ1) is 11.6. The zero-order valence-corrected chi connectivity index (χ0v) is 9.64. The number of esters is 1. The molecule has 0 bridgehead atoms. The third-order valence-electron chi connectivity index (χ3n) is 2.50. The van der Waals surface area contributed by atoms with E-state index in [1.807, 2.05) is 18.3 Å². The predicted octanol–water partition coefficient (Wildman–Crippen LogP) is 0.996. The fourth-order valence-corrected chi connectivity index (χ4v) is 1.68. The second kappa shape index (κ2) is 4.97. The molecule has 0 aliphatic heterocycles. The SMILES string of the molecule is CCOC(=O)C(N)Cc1cnc2[nH]ccc2c1. The lowest BCUT2D eigenvalue weighted by atomic mass is 10.1. The van der Waals surface area contributed by atoms with Gasteiger partial charge < -0.3 is 15.5 Å². The molecule has 0 amide bonds. The fourth-order valence-electron chi connectivity index (χ4n) is 1.68. The number of nitrogens with one attached hydrogen (secondary N) is 1. The second-order valence-electron chi connectivity index (χ2n) is 3.82. The molecule has 1 unspecified atom stereocenters. The van der Waals surface area contributed by atoms with Crippen LogP contribution in [0.3, 0.4) is 0 Å². The second-order valence-corrected chi connectivity index (χ2v) is 3.82. The standard InChI is InChI=1S/C12H15N3O2/c1-2-17-12(16)10(13)6-8-5-9-3-4-14-11(9)15-7-8/h3-5,7,10H,2,6,13H2,1H3,(H,14,15). The van der Waals surface area contributed by atoms with E-state index < -0.39 is 6.04 Å². The van der Waals surface area contributed by atoms with Crippen molar-refractivity contribution in [3.63, 3.8) is 0 Å². The number of nitrogens with two attached hydrogens (primary N) is 1. The Morgan fingerprint density at radius 2 is 2.47 bits per heavy atom. The molecule has 5 nitrogen and oxygen atoms in total. The molecule has 2 heterocycles. The van der Waals surface area contributed by atoms with Gasteiger partial charge in [0.1, 0.15) is 11.7 Å². The predicted molar refractivity (Wildman–Crippen MR) is 64.4 cm³/mol. The highest BCUT2D eigenvalue weighted by molar-refractivity contribution is 5.77. The zero-order chi connectivity index (χ0) is 12.3. The first-order valence-corrected chi connectivity index (χ1v) is 5.55. The summed E-state index contributed by atoms with van der Waals surface area (Å²) in [5.41, 5.74) is 7.50. The Hall–Kier alpha value is -1.88. The topological polar surface area (TPSA) is 81.0 Å². The van der Waals surface area contributed by atoms with Crippen LogP contribution in [0.25, 0.3) is 11.0 Å². The quantitative estimate of drug-likeness (QED) is 0.772. The van der Waals surface area contributed by atoms with Crippen molar-refractivity contribution >= 4 is 17.0 Å². The molecular formula is C12H15N3O2. The molecule has 2 rings (SSSR count). The molecule has 17 heavy (non-hydrogen) atoms. The molecule has 90 valence electrons. The summed E-state index contributed by atoms with van der Waals surface area (Å²) in [5.74, 6) is -0.373. The van der Waals surface area contributed by atoms with Gasteiger partial charge in [0, 0.05) is 17.8 Å². The van der Waals surface area contributed by atoms with Gasteiger partial charge in [-0.05, 0) is 31.0 Å². The molecule has 2 aromatic rings. The third kappa shape index (κ3) is 2.62. The number of ether oxygens (including phenoxy) is 1. The van der Waals surface area contributed by atoms with E-state index >= 15 is 0 Å². The monoisotopic (exact) mass is 233 g/mol. The summed E-state index contributed by atoms with van der Waals surface area (Å²) in [6, 6.07) is 3.27. The summed E-state index contributed by atoms with van der Waals surface area (Å²) in [5, 5.41) is 1.01. The fraction of sp³-hybridized carbons (Fsp3) is 0.333. The van der Waals surface area contributed by atoms with Crippen LogP contribution in [-0.2, 0) is 16.0 Å². The van der Waals surface area contributed by atoms with Crippen LogP contribution in [0.5, 0.6) is 0 Å². The molecular weight excluding hydrogens is 218 g/mol. The highest BCUT2D eigenvalue weighted by Crippen LogP contribution is 2.12. The molecule has 0 saturated carbocycles. The summed E-state index contributed by atoms with van der Waals surface area (Å²) in [7, 11) is 0. The van der Waals surface area contributed by atoms with Crippen LogP contribution < -0.4 is 5.73 Å². The number of carbonyl (C=O) groups excluding carboxylic acids is 1. The lowest BCUT2D eigenvalue weighted by Gasteiger charge is -2.10. The Labute approximate surface area is 99.0 Å². The number of aromatic nitrogens is 2. The minimum absolute atomic E-state index is 0.349. The van der Waals surface area contributed by atoms with Gasteiger partial charge in [-0.2, -0.15) is 0 Å². The maximum absolute atomic E-state index is 11.4. The number of rotatable bonds is 4. The molecule has 0 aliphatic rings. The van der Waals surface area contributed by atoms with Crippen molar-refractivity contribution in [1.29, 1.82) is 0 Å². The molecule has 0 radical (unpaired) electrons. The van der Waals surface area contributed by atoms with Crippen LogP contribution in [0.4, 0.5) is 0 Å². The average molecular weight is 233 g/mol. The smallest absolute Gasteiger partial charge is 0.323 e. The van der Waals surface area contributed by atoms with E-state index in [1.165, 1.54) is 0 Å². The van der Waals surface area contributed by atoms with Gasteiger partial charge in [-0.1, -0.05) is 0 Å². The van der Waals surface area contributed by atoms with Crippen molar-refractivity contribution < 1.29 is 9.53 Å². The lowest BCUT2D eigenvalue weighted by molar-refractivity contribution is -0.144. The van der Waals surface area contributed by atoms with Crippen LogP contribution in [0.1, 0.15) is 12.5 Å². The summed E-state index contributed by atoms with van der Waals surface area (Å²) < 4.78 is 4.86. The molecule has 1 atom stereocenters. The number of aromatic amines is 1. The number of hydrogen-bond donors (Lipinski definition) is 2. The minimum Gasteiger partial charge on any atom is -0.465 e. The Balaban J connectivity index is 2.09. The number of nitrogens with zero attached hydrogens (tertiary/aromatic N) is 1. The van der Waals surface area contributed by atoms with Gasteiger partial charge in [0.15, 0.2) is 0 Å². The first-order chi connectivity index (χ1) is 8.20. The van der Waals surface area contributed by atoms with Crippen molar-refractivity contribution in [2.24, 2.45) is 5.73 Å². The molecule has 2 aromatic heterocycles. The van der Waals surface area contributed by atoms with Gasteiger partial charge in [0.25, 0.3) is 0 Å². The van der Waals surface area contributed by atoms with Crippen LogP contribution in [-0.4, -0.2) is 28.6 Å².